The number of hydrogen-bond donors (Lipinski definition) is 1. The lowest BCUT2D eigenvalue weighted by Crippen LogP contribution is -2.25. The van der Waals surface area contributed by atoms with Crippen LogP contribution in [0.3, 0.4) is 0 Å². The zero-order chi connectivity index (χ0) is 14.0. The zero-order valence-electron chi connectivity index (χ0n) is 9.21. The summed E-state index contributed by atoms with van der Waals surface area (Å²) in [7, 11) is -3.83. The molecule has 1 aromatic heterocycles. The molecule has 0 unspecified atom stereocenters. The zero-order valence-corrected chi connectivity index (χ0v) is 11.6. The molecule has 18 heavy (non-hydrogen) atoms. The predicted octanol–water partition coefficient (Wildman–Crippen LogP) is 2.73. The minimum Gasteiger partial charge on any atom is -0.229 e. The van der Waals surface area contributed by atoms with Gasteiger partial charge in [0.05, 0.1) is 5.69 Å². The number of rotatable bonds is 5. The van der Waals surface area contributed by atoms with Crippen molar-refractivity contribution < 1.29 is 21.6 Å². The van der Waals surface area contributed by atoms with Crippen LogP contribution in [-0.2, 0) is 10.0 Å². The standard InChI is InChI=1S/C8H10ClF3N2O2S2/c1-5-6(17-7(9)14-5)18(15,16)13-4-2-3-8(10,11)12/h13H,2-4H2,1H3. The highest BCUT2D eigenvalue weighted by atomic mass is 35.5. The first-order valence-electron chi connectivity index (χ1n) is 4.81. The molecule has 104 valence electrons. The number of nitrogens with zero attached hydrogens (tertiary/aromatic N) is 1. The van der Waals surface area contributed by atoms with Crippen LogP contribution in [0.4, 0.5) is 13.2 Å². The molecule has 0 saturated heterocycles. The van der Waals surface area contributed by atoms with E-state index in [1.807, 2.05) is 0 Å². The smallest absolute Gasteiger partial charge is 0.229 e. The minimum absolute atomic E-state index is 0.0699. The van der Waals surface area contributed by atoms with Gasteiger partial charge in [-0.25, -0.2) is 18.1 Å². The Morgan fingerprint density at radius 3 is 2.50 bits per heavy atom. The first-order valence-corrected chi connectivity index (χ1v) is 7.49. The first kappa shape index (κ1) is 15.7. The number of sulfonamides is 1. The van der Waals surface area contributed by atoms with Crippen LogP contribution < -0.4 is 4.72 Å². The van der Waals surface area contributed by atoms with Crippen molar-refractivity contribution in [1.29, 1.82) is 0 Å². The number of halogens is 4. The van der Waals surface area contributed by atoms with Crippen molar-refractivity contribution in [2.45, 2.75) is 30.2 Å². The Balaban J connectivity index is 2.59. The van der Waals surface area contributed by atoms with E-state index in [2.05, 4.69) is 9.71 Å². The molecular formula is C8H10ClF3N2O2S2. The van der Waals surface area contributed by atoms with E-state index in [0.29, 0.717) is 0 Å². The largest absolute Gasteiger partial charge is 0.389 e. The van der Waals surface area contributed by atoms with Gasteiger partial charge in [0.15, 0.2) is 8.68 Å². The van der Waals surface area contributed by atoms with Crippen LogP contribution in [-0.4, -0.2) is 26.1 Å². The van der Waals surface area contributed by atoms with Crippen LogP contribution in [0.25, 0.3) is 0 Å². The van der Waals surface area contributed by atoms with Gasteiger partial charge in [0.1, 0.15) is 0 Å². The fourth-order valence-corrected chi connectivity index (χ4v) is 4.02. The molecule has 0 fully saturated rings. The van der Waals surface area contributed by atoms with Crippen molar-refractivity contribution in [3.8, 4) is 0 Å². The second-order valence-corrected chi connectivity index (χ2v) is 7.00. The van der Waals surface area contributed by atoms with Gasteiger partial charge in [0.25, 0.3) is 10.0 Å². The summed E-state index contributed by atoms with van der Waals surface area (Å²) in [6, 6.07) is 0. The monoisotopic (exact) mass is 322 g/mol. The van der Waals surface area contributed by atoms with Crippen molar-refractivity contribution in [2.75, 3.05) is 6.54 Å². The number of thiazole rings is 1. The Morgan fingerprint density at radius 1 is 1.44 bits per heavy atom. The molecule has 0 bridgehead atoms. The van der Waals surface area contributed by atoms with Crippen LogP contribution >= 0.6 is 22.9 Å². The Morgan fingerprint density at radius 2 is 2.06 bits per heavy atom. The van der Waals surface area contributed by atoms with Gasteiger partial charge in [0.2, 0.25) is 0 Å². The van der Waals surface area contributed by atoms with Crippen molar-refractivity contribution in [1.82, 2.24) is 9.71 Å². The summed E-state index contributed by atoms with van der Waals surface area (Å²) in [6.07, 6.45) is -5.62. The topological polar surface area (TPSA) is 59.1 Å². The van der Waals surface area contributed by atoms with Crippen LogP contribution in [0.15, 0.2) is 4.21 Å². The Hall–Kier alpha value is -0.380. The molecule has 1 heterocycles. The van der Waals surface area contributed by atoms with Gasteiger partial charge in [-0.1, -0.05) is 22.9 Å². The highest BCUT2D eigenvalue weighted by molar-refractivity contribution is 7.91. The first-order chi connectivity index (χ1) is 8.12. The quantitative estimate of drug-likeness (QED) is 0.848. The third-order valence-corrected chi connectivity index (χ3v) is 5.23. The van der Waals surface area contributed by atoms with Gasteiger partial charge in [0, 0.05) is 13.0 Å². The summed E-state index contributed by atoms with van der Waals surface area (Å²) in [6.45, 7) is 1.18. The Labute approximate surface area is 111 Å². The van der Waals surface area contributed by atoms with Crippen molar-refractivity contribution in [3.63, 3.8) is 0 Å². The van der Waals surface area contributed by atoms with Gasteiger partial charge in [-0.05, 0) is 13.3 Å². The summed E-state index contributed by atoms with van der Waals surface area (Å²) in [4.78, 5) is 3.73. The molecule has 4 nitrogen and oxygen atoms in total. The Bertz CT molecular complexity index is 513. The third-order valence-electron chi connectivity index (χ3n) is 1.90. The number of nitrogens with one attached hydrogen (secondary N) is 1. The summed E-state index contributed by atoms with van der Waals surface area (Å²) in [5, 5.41) is 0. The van der Waals surface area contributed by atoms with Gasteiger partial charge < -0.3 is 0 Å². The number of alkyl halides is 3. The minimum atomic E-state index is -4.28. The molecule has 0 amide bonds. The van der Waals surface area contributed by atoms with E-state index in [-0.39, 0.29) is 27.3 Å². The molecule has 0 spiro atoms. The van der Waals surface area contributed by atoms with E-state index in [1.54, 1.807) is 0 Å². The summed E-state index contributed by atoms with van der Waals surface area (Å²) >= 11 is 6.33. The molecule has 1 N–H and O–H groups in total. The molecule has 1 aromatic rings. The van der Waals surface area contributed by atoms with Crippen LogP contribution in [0.1, 0.15) is 18.5 Å². The molecule has 0 aromatic carbocycles. The van der Waals surface area contributed by atoms with Gasteiger partial charge >= 0.3 is 6.18 Å². The van der Waals surface area contributed by atoms with Gasteiger partial charge in [-0.2, -0.15) is 13.2 Å². The second kappa shape index (κ2) is 5.72. The maximum Gasteiger partial charge on any atom is 0.389 e. The molecule has 0 aliphatic rings. The maximum absolute atomic E-state index is 11.9. The summed E-state index contributed by atoms with van der Waals surface area (Å²) in [5.74, 6) is 0. The van der Waals surface area contributed by atoms with E-state index in [0.717, 1.165) is 11.3 Å². The Kier molecular flexibility index (Phi) is 4.98. The SMILES string of the molecule is Cc1nc(Cl)sc1S(=O)(=O)NCCCC(F)(F)F. The maximum atomic E-state index is 11.9. The highest BCUT2D eigenvalue weighted by Crippen LogP contribution is 2.26. The molecule has 0 radical (unpaired) electrons. The molecule has 0 aliphatic heterocycles. The van der Waals surface area contributed by atoms with E-state index >= 15 is 0 Å². The van der Waals surface area contributed by atoms with E-state index in [4.69, 9.17) is 11.6 Å². The van der Waals surface area contributed by atoms with Crippen molar-refractivity contribution in [3.05, 3.63) is 10.2 Å². The molecule has 0 atom stereocenters. The fourth-order valence-electron chi connectivity index (χ4n) is 1.16. The predicted molar refractivity (Wildman–Crippen MR) is 62.3 cm³/mol. The van der Waals surface area contributed by atoms with Crippen LogP contribution in [0, 0.1) is 6.92 Å². The lowest BCUT2D eigenvalue weighted by molar-refractivity contribution is -0.135. The molecule has 10 heteroatoms. The molecular weight excluding hydrogens is 313 g/mol. The summed E-state index contributed by atoms with van der Waals surface area (Å²) < 4.78 is 61.1. The average Bonchev–Trinajstić information content (AvgIpc) is 2.52. The van der Waals surface area contributed by atoms with Crippen molar-refractivity contribution in [2.24, 2.45) is 0 Å². The second-order valence-electron chi connectivity index (χ2n) is 3.46. The average molecular weight is 323 g/mol. The fraction of sp³-hybridized carbons (Fsp3) is 0.625. The molecule has 1 rings (SSSR count). The van der Waals surface area contributed by atoms with Gasteiger partial charge in [-0.15, -0.1) is 0 Å². The molecule has 0 aliphatic carbocycles. The number of aromatic nitrogens is 1. The molecule has 0 saturated carbocycles. The number of hydrogen-bond acceptors (Lipinski definition) is 4. The lowest BCUT2D eigenvalue weighted by atomic mass is 10.3. The normalized spacial score (nSPS) is 12.9. The van der Waals surface area contributed by atoms with E-state index in [9.17, 15) is 21.6 Å². The van der Waals surface area contributed by atoms with E-state index in [1.165, 1.54) is 6.92 Å². The van der Waals surface area contributed by atoms with Crippen molar-refractivity contribution >= 4 is 33.0 Å². The lowest BCUT2D eigenvalue weighted by Gasteiger charge is -2.07. The number of aryl methyl sites for hydroxylation is 1. The van der Waals surface area contributed by atoms with E-state index < -0.39 is 22.6 Å². The van der Waals surface area contributed by atoms with Crippen LogP contribution in [0.2, 0.25) is 4.47 Å². The highest BCUT2D eigenvalue weighted by Gasteiger charge is 2.27. The summed E-state index contributed by atoms with van der Waals surface area (Å²) in [5.41, 5.74) is 0.230. The third kappa shape index (κ3) is 4.71. The van der Waals surface area contributed by atoms with Gasteiger partial charge in [-0.3, -0.25) is 0 Å². The van der Waals surface area contributed by atoms with Crippen LogP contribution in [0.5, 0.6) is 0 Å².